The Labute approximate surface area is 140 Å². The van der Waals surface area contributed by atoms with Gasteiger partial charge in [0.15, 0.2) is 7.98 Å². The van der Waals surface area contributed by atoms with Gasteiger partial charge in [0.25, 0.3) is 0 Å². The Balaban J connectivity index is 1.75. The molecule has 0 aromatic rings. The van der Waals surface area contributed by atoms with E-state index in [9.17, 15) is 9.59 Å². The Morgan fingerprint density at radius 2 is 2.00 bits per heavy atom. The summed E-state index contributed by atoms with van der Waals surface area (Å²) in [5.41, 5.74) is -1.10. The van der Waals surface area contributed by atoms with Crippen molar-refractivity contribution in [3.8, 4) is 0 Å². The zero-order valence-electron chi connectivity index (χ0n) is 13.4. The van der Waals surface area contributed by atoms with E-state index in [1.54, 1.807) is 4.81 Å². The fourth-order valence-corrected chi connectivity index (χ4v) is 5.55. The highest BCUT2D eigenvalue weighted by Gasteiger charge is 2.78. The highest BCUT2D eigenvalue weighted by molar-refractivity contribution is 6.06. The molecule has 24 heavy (non-hydrogen) atoms. The Kier molecular flexibility index (Phi) is 2.63. The summed E-state index contributed by atoms with van der Waals surface area (Å²) in [5.74, 6) is -1.22. The molecule has 3 fully saturated rings. The summed E-state index contributed by atoms with van der Waals surface area (Å²) in [6.07, 6.45) is 3.34. The van der Waals surface area contributed by atoms with Gasteiger partial charge < -0.3 is 23.8 Å². The molecule has 5 aliphatic rings. The van der Waals surface area contributed by atoms with Gasteiger partial charge in [-0.1, -0.05) is 12.2 Å². The van der Waals surface area contributed by atoms with E-state index in [1.165, 1.54) is 14.2 Å². The first-order valence-electron chi connectivity index (χ1n) is 7.93. The highest BCUT2D eigenvalue weighted by Crippen LogP contribution is 2.67. The van der Waals surface area contributed by atoms with Crippen LogP contribution in [0.15, 0.2) is 23.3 Å². The molecular formula is C16H16BNO6. The molecule has 0 aromatic carbocycles. The minimum absolute atomic E-state index is 0.0220. The van der Waals surface area contributed by atoms with Crippen LogP contribution < -0.4 is 0 Å². The first-order chi connectivity index (χ1) is 11.5. The Hall–Kier alpha value is -1.64. The minimum atomic E-state index is -1.00. The fraction of sp³-hybridized carbons (Fsp3) is 0.625. The first-order valence-corrected chi connectivity index (χ1v) is 7.93. The van der Waals surface area contributed by atoms with Crippen molar-refractivity contribution in [3.63, 3.8) is 0 Å². The van der Waals surface area contributed by atoms with Crippen LogP contribution in [0.25, 0.3) is 0 Å². The maximum atomic E-state index is 12.5. The summed E-state index contributed by atoms with van der Waals surface area (Å²) < 4.78 is 22.4. The maximum absolute atomic E-state index is 12.5. The Morgan fingerprint density at radius 3 is 2.71 bits per heavy atom. The largest absolute Gasteiger partial charge is 0.466 e. The number of methoxy groups -OCH3 is 2. The molecule has 6 unspecified atom stereocenters. The third-order valence-corrected chi connectivity index (χ3v) is 6.06. The highest BCUT2D eigenvalue weighted by atomic mass is 16.6. The zero-order valence-corrected chi connectivity index (χ0v) is 13.4. The lowest BCUT2D eigenvalue weighted by molar-refractivity contribution is -0.145. The molecule has 124 valence electrons. The average molecular weight is 329 g/mol. The summed E-state index contributed by atoms with van der Waals surface area (Å²) in [6, 6.07) is 0. The molecule has 3 saturated heterocycles. The van der Waals surface area contributed by atoms with Crippen LogP contribution in [0.1, 0.15) is 0 Å². The molecule has 0 aliphatic carbocycles. The van der Waals surface area contributed by atoms with Gasteiger partial charge in [-0.15, -0.1) is 0 Å². The SMILES string of the molecule is [B]N1CC23C=CC(O2)C2C4OC(C1)(C(C(=O)OC)=C4C(=O)OC)C23. The van der Waals surface area contributed by atoms with E-state index in [0.29, 0.717) is 13.1 Å². The number of nitrogens with zero attached hydrogens (tertiary/aromatic N) is 1. The van der Waals surface area contributed by atoms with E-state index in [0.717, 1.165) is 0 Å². The molecule has 2 radical (unpaired) electrons. The van der Waals surface area contributed by atoms with E-state index >= 15 is 0 Å². The van der Waals surface area contributed by atoms with Gasteiger partial charge in [-0.3, -0.25) is 0 Å². The van der Waals surface area contributed by atoms with Crippen LogP contribution in [-0.2, 0) is 28.5 Å². The van der Waals surface area contributed by atoms with Crippen LogP contribution in [0, 0.1) is 11.8 Å². The van der Waals surface area contributed by atoms with Crippen molar-refractivity contribution in [1.82, 2.24) is 4.81 Å². The predicted octanol–water partition coefficient (Wildman–Crippen LogP) is -0.881. The van der Waals surface area contributed by atoms with Gasteiger partial charge in [-0.05, 0) is 0 Å². The van der Waals surface area contributed by atoms with Crippen LogP contribution in [0.4, 0.5) is 0 Å². The standard InChI is InChI=1S/C16H16BNO6/c1-21-13(19)9-10(14(20)22-2)16-6-18(17)5-15-4-3-7(23-15)8(12(15)16)11(9)24-16/h3-4,7-8,11-12H,5-6H2,1-2H3. The van der Waals surface area contributed by atoms with Crippen molar-refractivity contribution in [3.05, 3.63) is 23.3 Å². The number of fused-ring (bicyclic) bond motifs is 4. The number of hydrogen-bond acceptors (Lipinski definition) is 7. The third kappa shape index (κ3) is 1.38. The second-order valence-electron chi connectivity index (χ2n) is 7.06. The van der Waals surface area contributed by atoms with Crippen molar-refractivity contribution < 1.29 is 28.5 Å². The third-order valence-electron chi connectivity index (χ3n) is 6.06. The molecule has 0 saturated carbocycles. The number of rotatable bonds is 2. The average Bonchev–Trinajstić information content (AvgIpc) is 3.27. The van der Waals surface area contributed by atoms with E-state index in [2.05, 4.69) is 0 Å². The van der Waals surface area contributed by atoms with Gasteiger partial charge in [-0.2, -0.15) is 0 Å². The normalized spacial score (nSPS) is 47.2. The summed E-state index contributed by atoms with van der Waals surface area (Å²) in [7, 11) is 8.72. The molecule has 0 aromatic heterocycles. The van der Waals surface area contributed by atoms with Crippen molar-refractivity contribution >= 4 is 19.9 Å². The van der Waals surface area contributed by atoms with Crippen LogP contribution in [0.2, 0.25) is 0 Å². The topological polar surface area (TPSA) is 74.3 Å². The molecule has 6 atom stereocenters. The number of carbonyl (C=O) groups is 2. The van der Waals surface area contributed by atoms with Crippen LogP contribution in [-0.4, -0.2) is 75.4 Å². The van der Waals surface area contributed by atoms with E-state index < -0.39 is 29.2 Å². The van der Waals surface area contributed by atoms with Crippen molar-refractivity contribution in [2.45, 2.75) is 23.4 Å². The lowest BCUT2D eigenvalue weighted by atomic mass is 9.58. The van der Waals surface area contributed by atoms with Gasteiger partial charge in [0, 0.05) is 24.9 Å². The second-order valence-corrected chi connectivity index (χ2v) is 7.06. The van der Waals surface area contributed by atoms with E-state index in [4.69, 9.17) is 26.9 Å². The smallest absolute Gasteiger partial charge is 0.337 e. The molecule has 0 amide bonds. The lowest BCUT2D eigenvalue weighted by Crippen LogP contribution is -2.65. The lowest BCUT2D eigenvalue weighted by Gasteiger charge is -2.50. The molecule has 7 nitrogen and oxygen atoms in total. The first kappa shape index (κ1) is 14.7. The van der Waals surface area contributed by atoms with Crippen molar-refractivity contribution in [1.29, 1.82) is 0 Å². The molecular weight excluding hydrogens is 313 g/mol. The van der Waals surface area contributed by atoms with Crippen LogP contribution in [0.3, 0.4) is 0 Å². The Morgan fingerprint density at radius 1 is 1.25 bits per heavy atom. The summed E-state index contributed by atoms with van der Waals surface area (Å²) in [4.78, 5) is 26.5. The number of piperidine rings is 1. The van der Waals surface area contributed by atoms with Crippen LogP contribution in [0.5, 0.6) is 0 Å². The molecule has 0 N–H and O–H groups in total. The number of ether oxygens (including phenoxy) is 4. The summed E-state index contributed by atoms with van der Waals surface area (Å²) in [5, 5.41) is 0. The minimum Gasteiger partial charge on any atom is -0.466 e. The second kappa shape index (κ2) is 4.31. The van der Waals surface area contributed by atoms with Crippen molar-refractivity contribution in [2.24, 2.45) is 11.8 Å². The number of hydrogen-bond donors (Lipinski definition) is 0. The zero-order chi connectivity index (χ0) is 16.9. The molecule has 4 bridgehead atoms. The van der Waals surface area contributed by atoms with E-state index in [-0.39, 0.29) is 29.1 Å². The monoisotopic (exact) mass is 329 g/mol. The van der Waals surface area contributed by atoms with Crippen molar-refractivity contribution in [2.75, 3.05) is 27.3 Å². The Bertz CT molecular complexity index is 734. The van der Waals surface area contributed by atoms with Crippen LogP contribution >= 0.6 is 0 Å². The van der Waals surface area contributed by atoms with Gasteiger partial charge in [0.05, 0.1) is 37.6 Å². The fourth-order valence-electron chi connectivity index (χ4n) is 5.55. The van der Waals surface area contributed by atoms with Gasteiger partial charge in [0.1, 0.15) is 11.2 Å². The molecule has 8 heteroatoms. The maximum Gasteiger partial charge on any atom is 0.337 e. The molecule has 5 heterocycles. The van der Waals surface area contributed by atoms with Gasteiger partial charge in [-0.25, -0.2) is 9.59 Å². The van der Waals surface area contributed by atoms with Gasteiger partial charge in [0.2, 0.25) is 0 Å². The number of carbonyl (C=O) groups excluding carboxylic acids is 2. The quantitative estimate of drug-likeness (QED) is 0.370. The summed E-state index contributed by atoms with van der Waals surface area (Å²) in [6.45, 7) is 0.836. The predicted molar refractivity (Wildman–Crippen MR) is 79.7 cm³/mol. The molecule has 5 rings (SSSR count). The summed E-state index contributed by atoms with van der Waals surface area (Å²) >= 11 is 0. The molecule has 2 spiro atoms. The molecule has 5 aliphatic heterocycles. The van der Waals surface area contributed by atoms with Gasteiger partial charge >= 0.3 is 11.9 Å². The number of esters is 2. The van der Waals surface area contributed by atoms with E-state index in [1.807, 2.05) is 12.2 Å².